The second kappa shape index (κ2) is 43.8. The lowest BCUT2D eigenvalue weighted by atomic mass is 10.1. The van der Waals surface area contributed by atoms with Crippen molar-refractivity contribution in [2.24, 2.45) is 15.3 Å². The van der Waals surface area contributed by atoms with Crippen molar-refractivity contribution in [2.45, 2.75) is 49.2 Å². The van der Waals surface area contributed by atoms with E-state index in [9.17, 15) is 81.5 Å². The molecule has 0 saturated heterocycles. The van der Waals surface area contributed by atoms with E-state index in [2.05, 4.69) is 31.3 Å². The minimum absolute atomic E-state index is 0.137. The molecule has 6 amide bonds. The van der Waals surface area contributed by atoms with Gasteiger partial charge in [-0.1, -0.05) is 85.0 Å². The Morgan fingerprint density at radius 2 is 0.656 bits per heavy atom. The maximum Gasteiger partial charge on any atom is 0.281 e. The molecule has 3 aliphatic rings. The van der Waals surface area contributed by atoms with Gasteiger partial charge >= 0.3 is 0 Å². The summed E-state index contributed by atoms with van der Waals surface area (Å²) < 4.78 is 213. The number of halogens is 12. The minimum Gasteiger partial charge on any atom is -0.492 e. The number of ether oxygens (including phenoxy) is 8. The summed E-state index contributed by atoms with van der Waals surface area (Å²) in [6.07, 6.45) is 2.37. The number of carbonyl (C=O) groups is 6. The number of carbonyl (C=O) groups excluding carboxylic acids is 6. The molecule has 0 aromatic heterocycles. The van der Waals surface area contributed by atoms with Crippen molar-refractivity contribution < 1.29 is 119 Å². The Labute approximate surface area is 703 Å². The molecule has 122 heavy (non-hydrogen) atoms. The quantitative estimate of drug-likeness (QED) is 0.0261. The highest BCUT2D eigenvalue weighted by Crippen LogP contribution is 2.52. The Morgan fingerprint density at radius 1 is 0.369 bits per heavy atom. The van der Waals surface area contributed by atoms with Gasteiger partial charge in [-0.15, -0.1) is 0 Å². The molecule has 9 aromatic rings. The fraction of sp³-hybridized carbons (Fsp3) is 0.250. The predicted octanol–water partition coefficient (Wildman–Crippen LogP) is 15.9. The molecule has 23 nitrogen and oxygen atoms in total. The van der Waals surface area contributed by atoms with Crippen molar-refractivity contribution in [3.8, 4) is 34.5 Å². The molecule has 3 unspecified atom stereocenters. The molecule has 0 fully saturated rings. The lowest BCUT2D eigenvalue weighted by Gasteiger charge is -2.24. The van der Waals surface area contributed by atoms with Gasteiger partial charge in [0.15, 0.2) is 54.3 Å². The van der Waals surface area contributed by atoms with E-state index in [4.69, 9.17) is 37.9 Å². The van der Waals surface area contributed by atoms with Crippen LogP contribution >= 0.6 is 35.3 Å². The standard InChI is InChI=1S/C29H27F4N3O5S.C28H25F4N3O4S.C27H23F4N3O5S/c1-3-40-13-5-12-34-24(37)16-41-23-7-4-6-20(26(23)39-2)29-36(28(38)25-21(32)14-19(31)15-22(25)33)35-27(42-29)17-8-10-18(30)11-9-17;1-3-4-12-33-23(36)15-39-22-7-5-6-19(25(22)38-2)28-35(27(37)24-20(31)13-18(30)14-21(24)32)34-26(40-28)16-8-10-17(29)11-9-16;1-37-11-10-32-22(35)14-39-21-5-3-4-18(24(21)38-2)27-34(26(36)23-19(30)12-17(29)13-20(23)31)33-25(40-27)15-6-8-16(28)9-7-15/h4,6-11,14-15,29H,3,5,12-13,16H2,1-2H3,(H,34,37);5-11,13-14,28H,3-4,12,15H2,1-2H3,(H,33,36);3-9,12-13,27H,10-11,14H2,1-2H3,(H,32,35). The third-order valence-electron chi connectivity index (χ3n) is 17.5. The molecule has 3 N–H and O–H groups in total. The van der Waals surface area contributed by atoms with E-state index in [-0.39, 0.29) is 87.8 Å². The number of hydrogen-bond donors (Lipinski definition) is 3. The summed E-state index contributed by atoms with van der Waals surface area (Å²) >= 11 is 3.11. The van der Waals surface area contributed by atoms with Crippen LogP contribution in [0, 0.1) is 69.8 Å². The summed E-state index contributed by atoms with van der Waals surface area (Å²) in [4.78, 5) is 77.0. The first-order valence-corrected chi connectivity index (χ1v) is 39.6. The average molecular weight is 1760 g/mol. The molecule has 12 rings (SSSR count). The van der Waals surface area contributed by atoms with Gasteiger partial charge < -0.3 is 53.8 Å². The van der Waals surface area contributed by atoms with Crippen LogP contribution in [0.15, 0.2) is 179 Å². The van der Waals surface area contributed by atoms with E-state index in [1.807, 2.05) is 13.8 Å². The predicted molar refractivity (Wildman–Crippen MR) is 430 cm³/mol. The summed E-state index contributed by atoms with van der Waals surface area (Å²) in [7, 11) is 5.56. The minimum atomic E-state index is -1.40. The van der Waals surface area contributed by atoms with Crippen molar-refractivity contribution in [3.05, 3.63) is 284 Å². The van der Waals surface area contributed by atoms with Crippen LogP contribution in [0.4, 0.5) is 52.7 Å². The van der Waals surface area contributed by atoms with Gasteiger partial charge in [0.25, 0.3) is 35.4 Å². The van der Waals surface area contributed by atoms with E-state index in [0.29, 0.717) is 109 Å². The maximum atomic E-state index is 14.6. The van der Waals surface area contributed by atoms with Crippen LogP contribution in [-0.4, -0.2) is 153 Å². The molecule has 0 aliphatic carbocycles. The van der Waals surface area contributed by atoms with Gasteiger partial charge in [-0.3, -0.25) is 28.8 Å². The normalized spacial score (nSPS) is 14.6. The fourth-order valence-corrected chi connectivity index (χ4v) is 15.3. The van der Waals surface area contributed by atoms with Crippen LogP contribution in [0.3, 0.4) is 0 Å². The number of benzene rings is 9. The monoisotopic (exact) mass is 1760 g/mol. The third kappa shape index (κ3) is 23.3. The van der Waals surface area contributed by atoms with Gasteiger partial charge in [0.05, 0.1) is 27.9 Å². The number of hydrazone groups is 3. The molecule has 3 aliphatic heterocycles. The summed E-state index contributed by atoms with van der Waals surface area (Å²) in [6, 6.07) is 32.4. The highest BCUT2D eigenvalue weighted by molar-refractivity contribution is 8.15. The van der Waals surface area contributed by atoms with E-state index < -0.39 is 126 Å². The van der Waals surface area contributed by atoms with Gasteiger partial charge in [0.2, 0.25) is 0 Å². The summed E-state index contributed by atoms with van der Waals surface area (Å²) in [5, 5.41) is 21.1. The largest absolute Gasteiger partial charge is 0.492 e. The first-order chi connectivity index (χ1) is 58.7. The Bertz CT molecular complexity index is 5100. The number of nitrogens with zero attached hydrogens (tertiary/aromatic N) is 6. The Balaban J connectivity index is 0.000000192. The van der Waals surface area contributed by atoms with E-state index in [1.165, 1.54) is 107 Å². The molecule has 0 saturated carbocycles. The third-order valence-corrected chi connectivity index (χ3v) is 21.1. The van der Waals surface area contributed by atoms with E-state index >= 15 is 0 Å². The Hall–Kier alpha value is -12.3. The average Bonchev–Trinajstić information content (AvgIpc) is 1.61. The number of unbranched alkanes of at least 4 members (excludes halogenated alkanes) is 1. The van der Waals surface area contributed by atoms with Crippen molar-refractivity contribution in [1.29, 1.82) is 0 Å². The molecule has 642 valence electrons. The lowest BCUT2D eigenvalue weighted by Crippen LogP contribution is -2.31. The van der Waals surface area contributed by atoms with E-state index in [1.54, 1.807) is 48.5 Å². The van der Waals surface area contributed by atoms with Gasteiger partial charge in [-0.2, -0.15) is 15.3 Å². The number of methoxy groups -OCH3 is 4. The van der Waals surface area contributed by atoms with Crippen LogP contribution in [0.5, 0.6) is 34.5 Å². The molecular weight excluding hydrogens is 1680 g/mol. The van der Waals surface area contributed by atoms with Gasteiger partial charge in [-0.25, -0.2) is 67.7 Å². The lowest BCUT2D eigenvalue weighted by molar-refractivity contribution is -0.124. The second-order valence-electron chi connectivity index (χ2n) is 25.8. The summed E-state index contributed by atoms with van der Waals surface area (Å²) in [5.41, 5.74) is -0.688. The zero-order valence-corrected chi connectivity index (χ0v) is 67.9. The molecule has 0 radical (unpaired) electrons. The molecule has 3 atom stereocenters. The molecule has 0 bridgehead atoms. The molecule has 0 spiro atoms. The molecule has 38 heteroatoms. The van der Waals surface area contributed by atoms with Crippen LogP contribution < -0.4 is 44.4 Å². The zero-order chi connectivity index (χ0) is 87.8. The van der Waals surface area contributed by atoms with Crippen LogP contribution in [0.1, 0.15) is 114 Å². The smallest absolute Gasteiger partial charge is 0.281 e. The van der Waals surface area contributed by atoms with Crippen molar-refractivity contribution in [1.82, 2.24) is 31.0 Å². The Kier molecular flexibility index (Phi) is 33.0. The Morgan fingerprint density at radius 3 is 0.926 bits per heavy atom. The van der Waals surface area contributed by atoms with Crippen LogP contribution in [0.25, 0.3) is 0 Å². The number of nitrogens with one attached hydrogen (secondary N) is 3. The molecule has 9 aromatic carbocycles. The second-order valence-corrected chi connectivity index (χ2v) is 29.0. The highest BCUT2D eigenvalue weighted by atomic mass is 32.2. The maximum absolute atomic E-state index is 14.6. The SMILES string of the molecule is CCCCNC(=O)COc1cccc(C2SC(c3ccc(F)cc3)=NN2C(=O)c2c(F)cc(F)cc2F)c1OC.CCOCCCNC(=O)COc1cccc(C2SC(c3ccc(F)cc3)=NN2C(=O)c2c(F)cc(F)cc2F)c1OC.COCCNC(=O)COc1cccc(C2SC(c3ccc(F)cc3)=NN2C(=O)c2c(F)cc(F)cc2F)c1OC. The number of hydrogen-bond acceptors (Lipinski definition) is 20. The first-order valence-electron chi connectivity index (χ1n) is 36.9. The van der Waals surface area contributed by atoms with Crippen molar-refractivity contribution in [3.63, 3.8) is 0 Å². The van der Waals surface area contributed by atoms with Gasteiger partial charge in [-0.05, 0) is 111 Å². The van der Waals surface area contributed by atoms with Crippen molar-refractivity contribution in [2.75, 3.05) is 87.7 Å². The van der Waals surface area contributed by atoms with Crippen LogP contribution in [-0.2, 0) is 23.9 Å². The first kappa shape index (κ1) is 92.0. The fourth-order valence-electron chi connectivity index (χ4n) is 11.8. The number of amides is 6. The topological polar surface area (TPSA) is 259 Å². The summed E-state index contributed by atoms with van der Waals surface area (Å²) in [5.74, 6) is -17.1. The van der Waals surface area contributed by atoms with Crippen molar-refractivity contribution >= 4 is 85.9 Å². The van der Waals surface area contributed by atoms with Gasteiger partial charge in [0, 0.05) is 110 Å². The number of para-hydroxylation sites is 3. The number of rotatable bonds is 32. The summed E-state index contributed by atoms with van der Waals surface area (Å²) in [6.45, 7) is 5.49. The van der Waals surface area contributed by atoms with Crippen LogP contribution in [0.2, 0.25) is 0 Å². The molecular formula is C84H75F12N9O14S3. The number of thioether (sulfide) groups is 3. The van der Waals surface area contributed by atoms with E-state index in [0.717, 1.165) is 63.2 Å². The van der Waals surface area contributed by atoms with Gasteiger partial charge in [0.1, 0.15) is 118 Å². The zero-order valence-electron chi connectivity index (χ0n) is 65.5. The highest BCUT2D eigenvalue weighted by Gasteiger charge is 2.43. The molecule has 3 heterocycles.